The van der Waals surface area contributed by atoms with Crippen LogP contribution in [0.4, 0.5) is 0 Å². The van der Waals surface area contributed by atoms with Crippen molar-refractivity contribution in [2.75, 3.05) is 7.05 Å². The van der Waals surface area contributed by atoms with Crippen molar-refractivity contribution in [1.29, 1.82) is 0 Å². The minimum atomic E-state index is 0.284. The molecule has 2 nitrogen and oxygen atoms in total. The summed E-state index contributed by atoms with van der Waals surface area (Å²) in [5, 5.41) is 4.62. The highest BCUT2D eigenvalue weighted by Crippen LogP contribution is 2.30. The third-order valence-electron chi connectivity index (χ3n) is 3.76. The first-order chi connectivity index (χ1) is 9.02. The van der Waals surface area contributed by atoms with Gasteiger partial charge in [-0.2, -0.15) is 0 Å². The van der Waals surface area contributed by atoms with Crippen LogP contribution in [-0.4, -0.2) is 18.1 Å². The lowest BCUT2D eigenvalue weighted by atomic mass is 9.80. The average Bonchev–Trinajstić information content (AvgIpc) is 2.38. The fourth-order valence-electron chi connectivity index (χ4n) is 2.83. The van der Waals surface area contributed by atoms with Gasteiger partial charge in [-0.15, -0.1) is 0 Å². The summed E-state index contributed by atoms with van der Waals surface area (Å²) in [5.41, 5.74) is 2.78. The van der Waals surface area contributed by atoms with Crippen molar-refractivity contribution in [2.24, 2.45) is 5.41 Å². The van der Waals surface area contributed by atoms with Crippen molar-refractivity contribution < 1.29 is 0 Å². The van der Waals surface area contributed by atoms with Crippen molar-refractivity contribution >= 4 is 10.9 Å². The Morgan fingerprint density at radius 3 is 2.68 bits per heavy atom. The highest BCUT2D eigenvalue weighted by molar-refractivity contribution is 5.81. The Balaban J connectivity index is 2.25. The Morgan fingerprint density at radius 1 is 1.21 bits per heavy atom. The molecule has 1 aromatic heterocycles. The fourth-order valence-corrected chi connectivity index (χ4v) is 2.83. The normalized spacial score (nSPS) is 13.7. The van der Waals surface area contributed by atoms with Gasteiger partial charge in [0.15, 0.2) is 0 Å². The van der Waals surface area contributed by atoms with E-state index in [0.717, 1.165) is 11.9 Å². The molecule has 2 aromatic rings. The van der Waals surface area contributed by atoms with Crippen molar-refractivity contribution in [3.63, 3.8) is 0 Å². The van der Waals surface area contributed by atoms with Crippen LogP contribution in [-0.2, 0) is 6.42 Å². The highest BCUT2D eigenvalue weighted by Gasteiger charge is 2.22. The molecular formula is C17H24N2. The predicted molar refractivity (Wildman–Crippen MR) is 82.4 cm³/mol. The largest absolute Gasteiger partial charge is 0.317 e. The van der Waals surface area contributed by atoms with Gasteiger partial charge in [-0.3, -0.25) is 4.98 Å². The van der Waals surface area contributed by atoms with Crippen LogP contribution < -0.4 is 5.32 Å². The van der Waals surface area contributed by atoms with Gasteiger partial charge in [0.25, 0.3) is 0 Å². The van der Waals surface area contributed by atoms with Crippen LogP contribution in [0.2, 0.25) is 0 Å². The molecule has 0 radical (unpaired) electrons. The maximum Gasteiger partial charge on any atom is 0.0704 e. The SMILES string of the molecule is CNC(C)CC(C)(C)Cc1ccnc2ccccc12. The Morgan fingerprint density at radius 2 is 1.95 bits per heavy atom. The quantitative estimate of drug-likeness (QED) is 0.880. The Labute approximate surface area is 116 Å². The lowest BCUT2D eigenvalue weighted by Crippen LogP contribution is -2.29. The molecule has 0 bridgehead atoms. The molecule has 1 N–H and O–H groups in total. The number of fused-ring (bicyclic) bond motifs is 1. The van der Waals surface area contributed by atoms with Gasteiger partial charge in [-0.25, -0.2) is 0 Å². The summed E-state index contributed by atoms with van der Waals surface area (Å²) in [6.45, 7) is 6.93. The Bertz CT molecular complexity index is 540. The zero-order chi connectivity index (χ0) is 13.9. The van der Waals surface area contributed by atoms with Gasteiger partial charge in [-0.05, 0) is 49.9 Å². The lowest BCUT2D eigenvalue weighted by Gasteiger charge is -2.28. The molecule has 1 atom stereocenters. The molecule has 2 heteroatoms. The predicted octanol–water partition coefficient (Wildman–Crippen LogP) is 3.80. The van der Waals surface area contributed by atoms with Gasteiger partial charge in [0.1, 0.15) is 0 Å². The van der Waals surface area contributed by atoms with E-state index < -0.39 is 0 Å². The molecule has 19 heavy (non-hydrogen) atoms. The van der Waals surface area contributed by atoms with Gasteiger partial charge < -0.3 is 5.32 Å². The fraction of sp³-hybridized carbons (Fsp3) is 0.471. The third-order valence-corrected chi connectivity index (χ3v) is 3.76. The third kappa shape index (κ3) is 3.54. The maximum atomic E-state index is 4.44. The topological polar surface area (TPSA) is 24.9 Å². The van der Waals surface area contributed by atoms with Crippen LogP contribution >= 0.6 is 0 Å². The first-order valence-corrected chi connectivity index (χ1v) is 7.02. The number of hydrogen-bond acceptors (Lipinski definition) is 2. The van der Waals surface area contributed by atoms with E-state index in [1.54, 1.807) is 0 Å². The molecule has 0 fully saturated rings. The summed E-state index contributed by atoms with van der Waals surface area (Å²) in [6, 6.07) is 11.1. The van der Waals surface area contributed by atoms with E-state index in [-0.39, 0.29) is 5.41 Å². The molecule has 0 aliphatic carbocycles. The number of aromatic nitrogens is 1. The van der Waals surface area contributed by atoms with Crippen LogP contribution in [0.25, 0.3) is 10.9 Å². The standard InChI is InChI=1S/C17H24N2/c1-13(18-4)11-17(2,3)12-14-9-10-19-16-8-6-5-7-15(14)16/h5-10,13,18H,11-12H2,1-4H3. The zero-order valence-electron chi connectivity index (χ0n) is 12.4. The number of rotatable bonds is 5. The van der Waals surface area contributed by atoms with Gasteiger partial charge in [-0.1, -0.05) is 32.0 Å². The molecule has 1 aromatic carbocycles. The van der Waals surface area contributed by atoms with Gasteiger partial charge in [0.05, 0.1) is 5.52 Å². The van der Waals surface area contributed by atoms with E-state index in [1.807, 2.05) is 19.3 Å². The monoisotopic (exact) mass is 256 g/mol. The molecule has 0 aliphatic rings. The number of benzene rings is 1. The van der Waals surface area contributed by atoms with E-state index in [9.17, 15) is 0 Å². The minimum Gasteiger partial charge on any atom is -0.317 e. The Hall–Kier alpha value is -1.41. The van der Waals surface area contributed by atoms with Crippen LogP contribution in [0.5, 0.6) is 0 Å². The molecule has 0 saturated carbocycles. The van der Waals surface area contributed by atoms with Crippen molar-refractivity contribution in [2.45, 2.75) is 39.7 Å². The number of para-hydroxylation sites is 1. The van der Waals surface area contributed by atoms with Crippen molar-refractivity contribution in [3.8, 4) is 0 Å². The second-order valence-corrected chi connectivity index (χ2v) is 6.22. The van der Waals surface area contributed by atoms with Crippen molar-refractivity contribution in [1.82, 2.24) is 10.3 Å². The van der Waals surface area contributed by atoms with E-state index in [0.29, 0.717) is 6.04 Å². The molecule has 0 aliphatic heterocycles. The lowest BCUT2D eigenvalue weighted by molar-refractivity contribution is 0.294. The van der Waals surface area contributed by atoms with Gasteiger partial charge in [0, 0.05) is 17.6 Å². The molecule has 0 amide bonds. The smallest absolute Gasteiger partial charge is 0.0704 e. The molecule has 1 heterocycles. The summed E-state index contributed by atoms with van der Waals surface area (Å²) < 4.78 is 0. The molecule has 0 saturated heterocycles. The summed E-state index contributed by atoms with van der Waals surface area (Å²) in [6.07, 6.45) is 4.18. The highest BCUT2D eigenvalue weighted by atomic mass is 14.9. The van der Waals surface area contributed by atoms with Crippen LogP contribution in [0.1, 0.15) is 32.8 Å². The second-order valence-electron chi connectivity index (χ2n) is 6.22. The van der Waals surface area contributed by atoms with Gasteiger partial charge in [0.2, 0.25) is 0 Å². The van der Waals surface area contributed by atoms with E-state index in [1.165, 1.54) is 17.4 Å². The molecular weight excluding hydrogens is 232 g/mol. The molecule has 0 spiro atoms. The van der Waals surface area contributed by atoms with E-state index in [4.69, 9.17) is 0 Å². The molecule has 2 rings (SSSR count). The first kappa shape index (κ1) is 14.0. The number of pyridine rings is 1. The summed E-state index contributed by atoms with van der Waals surface area (Å²) >= 11 is 0. The van der Waals surface area contributed by atoms with Crippen LogP contribution in [0, 0.1) is 5.41 Å². The summed E-state index contributed by atoms with van der Waals surface area (Å²) in [7, 11) is 2.03. The van der Waals surface area contributed by atoms with Crippen molar-refractivity contribution in [3.05, 3.63) is 42.1 Å². The number of nitrogens with zero attached hydrogens (tertiary/aromatic N) is 1. The number of hydrogen-bond donors (Lipinski definition) is 1. The summed E-state index contributed by atoms with van der Waals surface area (Å²) in [4.78, 5) is 4.44. The summed E-state index contributed by atoms with van der Waals surface area (Å²) in [5.74, 6) is 0. The van der Waals surface area contributed by atoms with Crippen LogP contribution in [0.3, 0.4) is 0 Å². The molecule has 102 valence electrons. The minimum absolute atomic E-state index is 0.284. The molecule has 1 unspecified atom stereocenters. The second kappa shape index (κ2) is 5.70. The van der Waals surface area contributed by atoms with Gasteiger partial charge >= 0.3 is 0 Å². The van der Waals surface area contributed by atoms with Crippen LogP contribution in [0.15, 0.2) is 36.5 Å². The van der Waals surface area contributed by atoms with E-state index in [2.05, 4.69) is 55.3 Å². The Kier molecular flexibility index (Phi) is 4.20. The average molecular weight is 256 g/mol. The maximum absolute atomic E-state index is 4.44. The van der Waals surface area contributed by atoms with E-state index >= 15 is 0 Å². The zero-order valence-corrected chi connectivity index (χ0v) is 12.4. The number of nitrogens with one attached hydrogen (secondary N) is 1. The first-order valence-electron chi connectivity index (χ1n) is 7.02.